The van der Waals surface area contributed by atoms with Crippen molar-refractivity contribution in [2.45, 2.75) is 19.4 Å². The Balaban J connectivity index is 1.84. The second-order valence-electron chi connectivity index (χ2n) is 9.71. The number of phenolic OH excluding ortho intramolecular Hbond substituents is 1. The molecule has 0 saturated carbocycles. The first-order valence-corrected chi connectivity index (χ1v) is 12.5. The Kier molecular flexibility index (Phi) is 8.12. The zero-order chi connectivity index (χ0) is 28.9. The maximum atomic E-state index is 13.1. The monoisotopic (exact) mass is 535 g/mol. The molecule has 0 spiro atoms. The second kappa shape index (κ2) is 11.7. The van der Waals surface area contributed by atoms with E-state index in [1.165, 1.54) is 13.2 Å². The maximum Gasteiger partial charge on any atom is 0.256 e. The predicted molar refractivity (Wildman–Crippen MR) is 153 cm³/mol. The number of para-hydroxylation sites is 1. The molecule has 40 heavy (non-hydrogen) atoms. The zero-order valence-corrected chi connectivity index (χ0v) is 22.4. The Morgan fingerprint density at radius 3 is 2.35 bits per heavy atom. The molecule has 0 bridgehead atoms. The van der Waals surface area contributed by atoms with E-state index in [1.54, 1.807) is 72.8 Å². The number of nitriles is 1. The molecule has 0 unspecified atom stereocenters. The number of amides is 2. The standard InChI is InChI=1S/C31H29N5O4/c1-31(2,18-33)36-30(39)21-8-6-7-20(15-21)24-16-26(23-9-4-5-10-27(23)37)34-28(25(24)17-32)35-29(38)19-11-13-22(40-3)14-12-19/h4-16,37H,18,33H2,1-3H3,(H,36,39)(H,34,35,38). The number of carbonyl (C=O) groups excluding carboxylic acids is 2. The maximum absolute atomic E-state index is 13.1. The molecule has 1 heterocycles. The minimum Gasteiger partial charge on any atom is -0.507 e. The van der Waals surface area contributed by atoms with Crippen molar-refractivity contribution in [3.8, 4) is 40.0 Å². The van der Waals surface area contributed by atoms with Crippen molar-refractivity contribution in [2.24, 2.45) is 5.73 Å². The summed E-state index contributed by atoms with van der Waals surface area (Å²) in [5.74, 6) is -0.216. The van der Waals surface area contributed by atoms with Crippen molar-refractivity contribution < 1.29 is 19.4 Å². The van der Waals surface area contributed by atoms with Crippen LogP contribution in [0.2, 0.25) is 0 Å². The average Bonchev–Trinajstić information content (AvgIpc) is 2.97. The summed E-state index contributed by atoms with van der Waals surface area (Å²) in [5.41, 5.74) is 7.67. The summed E-state index contributed by atoms with van der Waals surface area (Å²) in [6.07, 6.45) is 0. The third kappa shape index (κ3) is 6.09. The highest BCUT2D eigenvalue weighted by Crippen LogP contribution is 2.36. The summed E-state index contributed by atoms with van der Waals surface area (Å²) in [4.78, 5) is 30.6. The number of benzene rings is 3. The van der Waals surface area contributed by atoms with Crippen LogP contribution in [0.3, 0.4) is 0 Å². The summed E-state index contributed by atoms with van der Waals surface area (Å²) in [6, 6.07) is 23.7. The Bertz CT molecular complexity index is 1610. The smallest absolute Gasteiger partial charge is 0.256 e. The number of anilines is 1. The van der Waals surface area contributed by atoms with Crippen LogP contribution in [0.5, 0.6) is 11.5 Å². The Labute approximate surface area is 232 Å². The molecule has 0 aliphatic carbocycles. The minimum atomic E-state index is -0.613. The molecule has 0 aliphatic rings. The number of hydrogen-bond acceptors (Lipinski definition) is 7. The normalized spacial score (nSPS) is 10.9. The fourth-order valence-corrected chi connectivity index (χ4v) is 3.99. The number of methoxy groups -OCH3 is 1. The fourth-order valence-electron chi connectivity index (χ4n) is 3.99. The summed E-state index contributed by atoms with van der Waals surface area (Å²) >= 11 is 0. The average molecular weight is 536 g/mol. The third-order valence-electron chi connectivity index (χ3n) is 6.29. The Hall–Kier alpha value is -5.20. The van der Waals surface area contributed by atoms with E-state index in [0.717, 1.165) is 0 Å². The van der Waals surface area contributed by atoms with E-state index in [2.05, 4.69) is 21.7 Å². The molecule has 1 aromatic heterocycles. The number of rotatable bonds is 8. The number of nitrogens with one attached hydrogen (secondary N) is 2. The highest BCUT2D eigenvalue weighted by molar-refractivity contribution is 6.05. The van der Waals surface area contributed by atoms with Crippen molar-refractivity contribution in [1.29, 1.82) is 5.26 Å². The Morgan fingerprint density at radius 2 is 1.70 bits per heavy atom. The molecule has 0 saturated heterocycles. The van der Waals surface area contributed by atoms with Gasteiger partial charge in [0.15, 0.2) is 5.82 Å². The number of phenols is 1. The third-order valence-corrected chi connectivity index (χ3v) is 6.29. The number of aromatic nitrogens is 1. The van der Waals surface area contributed by atoms with E-state index in [9.17, 15) is 20.0 Å². The van der Waals surface area contributed by atoms with E-state index in [0.29, 0.717) is 39.3 Å². The van der Waals surface area contributed by atoms with Crippen LogP contribution in [0.4, 0.5) is 5.82 Å². The van der Waals surface area contributed by atoms with Gasteiger partial charge in [0.1, 0.15) is 23.1 Å². The van der Waals surface area contributed by atoms with Gasteiger partial charge in [-0.05, 0) is 74.0 Å². The van der Waals surface area contributed by atoms with Gasteiger partial charge in [0.25, 0.3) is 11.8 Å². The van der Waals surface area contributed by atoms with Gasteiger partial charge in [0.05, 0.1) is 12.8 Å². The molecule has 4 aromatic rings. The first kappa shape index (κ1) is 27.8. The lowest BCUT2D eigenvalue weighted by molar-refractivity contribution is 0.0915. The van der Waals surface area contributed by atoms with E-state index in [1.807, 2.05) is 13.8 Å². The van der Waals surface area contributed by atoms with E-state index in [-0.39, 0.29) is 29.6 Å². The number of nitrogens with two attached hydrogens (primary N) is 1. The molecule has 2 amide bonds. The minimum absolute atomic E-state index is 0.0122. The van der Waals surface area contributed by atoms with Gasteiger partial charge in [-0.2, -0.15) is 5.26 Å². The van der Waals surface area contributed by atoms with Crippen molar-refractivity contribution in [1.82, 2.24) is 10.3 Å². The molecule has 5 N–H and O–H groups in total. The summed E-state index contributed by atoms with van der Waals surface area (Å²) in [5, 5.41) is 26.4. The molecular weight excluding hydrogens is 506 g/mol. The molecular formula is C31H29N5O4. The van der Waals surface area contributed by atoms with Gasteiger partial charge in [0.2, 0.25) is 0 Å². The van der Waals surface area contributed by atoms with E-state index >= 15 is 0 Å². The highest BCUT2D eigenvalue weighted by Gasteiger charge is 2.22. The lowest BCUT2D eigenvalue weighted by Crippen LogP contribution is -2.48. The van der Waals surface area contributed by atoms with Gasteiger partial charge in [-0.15, -0.1) is 0 Å². The number of ether oxygens (including phenoxy) is 1. The Morgan fingerprint density at radius 1 is 0.975 bits per heavy atom. The van der Waals surface area contributed by atoms with E-state index in [4.69, 9.17) is 10.5 Å². The summed E-state index contributed by atoms with van der Waals surface area (Å²) < 4.78 is 5.16. The fraction of sp³-hybridized carbons (Fsp3) is 0.161. The first-order valence-electron chi connectivity index (χ1n) is 12.5. The molecule has 0 radical (unpaired) electrons. The van der Waals surface area contributed by atoms with Gasteiger partial charge >= 0.3 is 0 Å². The van der Waals surface area contributed by atoms with Crippen molar-refractivity contribution in [3.63, 3.8) is 0 Å². The van der Waals surface area contributed by atoms with Crippen molar-refractivity contribution in [3.05, 3.63) is 95.6 Å². The molecule has 0 fully saturated rings. The SMILES string of the molecule is COc1ccc(C(=O)Nc2nc(-c3ccccc3O)cc(-c3cccc(C(=O)NC(C)(C)CN)c3)c2C#N)cc1. The topological polar surface area (TPSA) is 150 Å². The summed E-state index contributed by atoms with van der Waals surface area (Å²) in [6.45, 7) is 3.89. The first-order chi connectivity index (χ1) is 19.2. The number of hydrogen-bond donors (Lipinski definition) is 4. The van der Waals surface area contributed by atoms with Gasteiger partial charge < -0.3 is 26.2 Å². The van der Waals surface area contributed by atoms with Crippen LogP contribution in [0.15, 0.2) is 78.9 Å². The number of nitrogens with zero attached hydrogens (tertiary/aromatic N) is 2. The highest BCUT2D eigenvalue weighted by atomic mass is 16.5. The van der Waals surface area contributed by atoms with Crippen LogP contribution in [-0.2, 0) is 0 Å². The molecule has 3 aromatic carbocycles. The van der Waals surface area contributed by atoms with Crippen LogP contribution in [0.25, 0.3) is 22.4 Å². The van der Waals surface area contributed by atoms with Crippen LogP contribution >= 0.6 is 0 Å². The van der Waals surface area contributed by atoms with Gasteiger partial charge in [0, 0.05) is 34.3 Å². The molecule has 9 nitrogen and oxygen atoms in total. The summed E-state index contributed by atoms with van der Waals surface area (Å²) in [7, 11) is 1.53. The molecule has 0 aliphatic heterocycles. The van der Waals surface area contributed by atoms with E-state index < -0.39 is 11.4 Å². The molecule has 202 valence electrons. The molecule has 9 heteroatoms. The van der Waals surface area contributed by atoms with Gasteiger partial charge in [-0.25, -0.2) is 4.98 Å². The predicted octanol–water partition coefficient (Wildman–Crippen LogP) is 4.72. The van der Waals surface area contributed by atoms with Crippen LogP contribution in [0, 0.1) is 11.3 Å². The quantitative estimate of drug-likeness (QED) is 0.255. The lowest BCUT2D eigenvalue weighted by Gasteiger charge is -2.24. The molecule has 0 atom stereocenters. The molecule has 4 rings (SSSR count). The second-order valence-corrected chi connectivity index (χ2v) is 9.71. The van der Waals surface area contributed by atoms with Crippen LogP contribution < -0.4 is 21.1 Å². The van der Waals surface area contributed by atoms with Crippen molar-refractivity contribution in [2.75, 3.05) is 19.0 Å². The van der Waals surface area contributed by atoms with Crippen LogP contribution in [0.1, 0.15) is 40.1 Å². The largest absolute Gasteiger partial charge is 0.507 e. The van der Waals surface area contributed by atoms with Crippen molar-refractivity contribution >= 4 is 17.6 Å². The zero-order valence-electron chi connectivity index (χ0n) is 22.4. The van der Waals surface area contributed by atoms with Gasteiger partial charge in [-0.3, -0.25) is 9.59 Å². The lowest BCUT2D eigenvalue weighted by atomic mass is 9.96. The number of pyridine rings is 1. The number of aromatic hydroxyl groups is 1. The van der Waals surface area contributed by atoms with Gasteiger partial charge in [-0.1, -0.05) is 24.3 Å². The number of carbonyl (C=O) groups is 2. The van der Waals surface area contributed by atoms with Crippen LogP contribution in [-0.4, -0.2) is 41.1 Å².